The molecule has 5 aromatic carbocycles. The van der Waals surface area contributed by atoms with Crippen molar-refractivity contribution in [2.75, 3.05) is 12.3 Å². The molecule has 83 heavy (non-hydrogen) atoms. The van der Waals surface area contributed by atoms with Gasteiger partial charge in [0, 0.05) is 44.4 Å². The number of amides is 6. The van der Waals surface area contributed by atoms with Crippen molar-refractivity contribution >= 4 is 64.9 Å². The highest BCUT2D eigenvalue weighted by Gasteiger charge is 2.39. The van der Waals surface area contributed by atoms with Crippen LogP contribution in [-0.4, -0.2) is 106 Å². The van der Waals surface area contributed by atoms with Crippen LogP contribution in [0.3, 0.4) is 0 Å². The fourth-order valence-electron chi connectivity index (χ4n) is 9.32. The van der Waals surface area contributed by atoms with Gasteiger partial charge in [0.15, 0.2) is 5.78 Å². The summed E-state index contributed by atoms with van der Waals surface area (Å²) >= 11 is 1.39. The average Bonchev–Trinajstić information content (AvgIpc) is 3.52. The quantitative estimate of drug-likeness (QED) is 0.0117. The Morgan fingerprint density at radius 1 is 0.482 bits per heavy atom. The fourth-order valence-corrected chi connectivity index (χ4v) is 10.9. The maximum absolute atomic E-state index is 14.5. The molecule has 0 saturated carbocycles. The topological polar surface area (TPSA) is 255 Å². The molecule has 5 rings (SSSR count). The number of carboxylic acid groups (broad SMARTS) is 1. The minimum absolute atomic E-state index is 0.0392. The van der Waals surface area contributed by atoms with Gasteiger partial charge < -0.3 is 46.5 Å². The van der Waals surface area contributed by atoms with E-state index >= 15 is 0 Å². The third kappa shape index (κ3) is 22.6. The van der Waals surface area contributed by atoms with E-state index in [1.165, 1.54) is 25.6 Å². The molecule has 6 amide bonds. The van der Waals surface area contributed by atoms with Crippen molar-refractivity contribution in [1.82, 2.24) is 31.9 Å². The lowest BCUT2D eigenvalue weighted by atomic mass is 9.84. The molecule has 0 fully saturated rings. The van der Waals surface area contributed by atoms with Crippen LogP contribution in [-0.2, 0) is 60.7 Å². The first kappa shape index (κ1) is 65.7. The number of unbranched alkanes of at least 4 members (excludes halogenated alkanes) is 4. The second kappa shape index (κ2) is 33.7. The van der Waals surface area contributed by atoms with Gasteiger partial charge in [0.05, 0.1) is 10.8 Å². The molecule has 1 unspecified atom stereocenters. The number of ether oxygens (including phenoxy) is 1. The van der Waals surface area contributed by atoms with Crippen LogP contribution in [0.2, 0.25) is 0 Å². The lowest BCUT2D eigenvalue weighted by Crippen LogP contribution is -2.57. The number of aliphatic carboxylic acids is 1. The van der Waals surface area contributed by atoms with Crippen LogP contribution >= 0.6 is 11.8 Å². The molecule has 442 valence electrons. The number of carboxylic acids is 1. The Morgan fingerprint density at radius 2 is 0.916 bits per heavy atom. The number of hydrogen-bond donors (Lipinski definition) is 7. The van der Waals surface area contributed by atoms with Gasteiger partial charge in [-0.15, -0.1) is 11.8 Å². The molecule has 0 bridgehead atoms. The number of urea groups is 1. The maximum atomic E-state index is 14.5. The Bertz CT molecular complexity index is 2800. The molecule has 17 nitrogen and oxygen atoms in total. The van der Waals surface area contributed by atoms with Gasteiger partial charge >= 0.3 is 18.0 Å². The highest BCUT2D eigenvalue weighted by molar-refractivity contribution is 8.00. The van der Waals surface area contributed by atoms with E-state index in [1.54, 1.807) is 20.8 Å². The van der Waals surface area contributed by atoms with Crippen LogP contribution in [0.4, 0.5) is 4.79 Å². The van der Waals surface area contributed by atoms with Gasteiger partial charge in [0.25, 0.3) is 0 Å². The number of carbonyl (C=O) groups excluding carboxylic acids is 8. The molecule has 0 aliphatic rings. The molecule has 7 N–H and O–H groups in total. The second-order valence-electron chi connectivity index (χ2n) is 21.6. The summed E-state index contributed by atoms with van der Waals surface area (Å²) in [5.74, 6) is -4.54. The third-order valence-corrected chi connectivity index (χ3v) is 15.3. The Kier molecular flexibility index (Phi) is 26.7. The van der Waals surface area contributed by atoms with Gasteiger partial charge in [-0.3, -0.25) is 24.0 Å². The summed E-state index contributed by atoms with van der Waals surface area (Å²) in [4.78, 5) is 118. The number of rotatable bonds is 34. The van der Waals surface area contributed by atoms with Crippen molar-refractivity contribution in [3.8, 4) is 0 Å². The predicted molar refractivity (Wildman–Crippen MR) is 321 cm³/mol. The van der Waals surface area contributed by atoms with Crippen molar-refractivity contribution in [1.29, 1.82) is 0 Å². The molecule has 5 atom stereocenters. The van der Waals surface area contributed by atoms with E-state index in [4.69, 9.17) is 4.74 Å². The van der Waals surface area contributed by atoms with E-state index in [9.17, 15) is 48.3 Å². The largest absolute Gasteiger partial charge is 0.480 e. The number of ketones is 2. The van der Waals surface area contributed by atoms with E-state index < -0.39 is 70.3 Å². The van der Waals surface area contributed by atoms with Crippen molar-refractivity contribution < 1.29 is 53.0 Å². The molecule has 5 aromatic rings. The van der Waals surface area contributed by atoms with Crippen LogP contribution in [0.25, 0.3) is 0 Å². The zero-order chi connectivity index (χ0) is 60.2. The first-order valence-corrected chi connectivity index (χ1v) is 29.3. The van der Waals surface area contributed by atoms with Crippen LogP contribution in [0.1, 0.15) is 127 Å². The summed E-state index contributed by atoms with van der Waals surface area (Å²) in [6.07, 6.45) is 3.64. The summed E-state index contributed by atoms with van der Waals surface area (Å²) in [5, 5.41) is 27.2. The van der Waals surface area contributed by atoms with Crippen molar-refractivity contribution in [2.45, 2.75) is 152 Å². The minimum atomic E-state index is -1.38. The number of nitrogens with one attached hydrogen (secondary N) is 6. The number of hydrogen-bond acceptors (Lipinski definition) is 11. The Hall–Kier alpha value is -8.12. The normalized spacial score (nSPS) is 13.1. The zero-order valence-electron chi connectivity index (χ0n) is 48.2. The second-order valence-corrected chi connectivity index (χ2v) is 22.8. The number of carbonyl (C=O) groups is 9. The monoisotopic (exact) mass is 1150 g/mol. The molecule has 0 aromatic heterocycles. The zero-order valence-corrected chi connectivity index (χ0v) is 49.0. The van der Waals surface area contributed by atoms with E-state index in [-0.39, 0.29) is 74.1 Å². The van der Waals surface area contributed by atoms with Gasteiger partial charge in [-0.25, -0.2) is 14.4 Å². The average molecular weight is 1150 g/mol. The van der Waals surface area contributed by atoms with E-state index in [0.717, 1.165) is 40.7 Å². The molecule has 0 spiro atoms. The van der Waals surface area contributed by atoms with Gasteiger partial charge in [-0.2, -0.15) is 0 Å². The lowest BCUT2D eigenvalue weighted by Gasteiger charge is -2.36. The molecule has 0 radical (unpaired) electrons. The SMILES string of the molecule is CC(=O)CC[C@H](NC(=O)N[C@@H](CCC(=O)NCCCCCCCC(=O)N[C@@H](Cc1ccccc1)C(=O)N[C@@H](Cc1ccccc1)C(=O)NC(CSC(c1ccccc1)(c1ccccc1)c1ccccc1)C(=O)O)C(=O)OC(C)(C)C)C(C)=O. The summed E-state index contributed by atoms with van der Waals surface area (Å²) in [6.45, 7) is 8.05. The van der Waals surface area contributed by atoms with Gasteiger partial charge in [0.2, 0.25) is 23.6 Å². The number of benzene rings is 5. The molecule has 18 heteroatoms. The smallest absolute Gasteiger partial charge is 0.329 e. The molecule has 0 heterocycles. The standard InChI is InChI=1S/C65H80N6O11S/c1-45(72)37-38-52(46(2)73)70-63(81)71-53(62(80)82-64(3,4)5)39-40-57(74)66-41-25-8-6-7-24-36-58(75)67-54(42-47-26-14-9-15-27-47)59(76)68-55(43-48-28-16-10-17-29-48)60(77)69-56(61(78)79)44-83-65(49-30-18-11-19-31-49,50-32-20-12-21-33-50)51-34-22-13-23-35-51/h9-23,26-35,52-56H,6-8,24-25,36-44H2,1-5H3,(H,66,74)(H,67,75)(H,68,76)(H,69,77)(H,78,79)(H2,70,71,81)/t52-,53-,54-,55-,56?/m0/s1. The molecule has 0 saturated heterocycles. The van der Waals surface area contributed by atoms with Gasteiger partial charge in [-0.1, -0.05) is 171 Å². The molecular formula is C65H80N6O11S. The van der Waals surface area contributed by atoms with Crippen LogP contribution < -0.4 is 31.9 Å². The Balaban J connectivity index is 1.16. The molecule has 0 aliphatic heterocycles. The van der Waals surface area contributed by atoms with E-state index in [1.807, 2.05) is 152 Å². The Morgan fingerprint density at radius 3 is 1.39 bits per heavy atom. The maximum Gasteiger partial charge on any atom is 0.329 e. The summed E-state index contributed by atoms with van der Waals surface area (Å²) in [5.41, 5.74) is 3.39. The number of thioether (sulfide) groups is 1. The summed E-state index contributed by atoms with van der Waals surface area (Å²) in [6, 6.07) is 41.1. The highest BCUT2D eigenvalue weighted by Crippen LogP contribution is 2.48. The van der Waals surface area contributed by atoms with Crippen LogP contribution in [0, 0.1) is 0 Å². The highest BCUT2D eigenvalue weighted by atomic mass is 32.2. The predicted octanol–water partition coefficient (Wildman–Crippen LogP) is 8.31. The van der Waals surface area contributed by atoms with Crippen LogP contribution in [0.15, 0.2) is 152 Å². The minimum Gasteiger partial charge on any atom is -0.480 e. The Labute approximate surface area is 491 Å². The number of esters is 1. The van der Waals surface area contributed by atoms with Crippen molar-refractivity contribution in [2.24, 2.45) is 0 Å². The lowest BCUT2D eigenvalue weighted by molar-refractivity contribution is -0.157. The van der Waals surface area contributed by atoms with E-state index in [0.29, 0.717) is 25.8 Å². The number of Topliss-reactive ketones (excluding diaryl/α,β-unsaturated/α-hetero) is 2. The van der Waals surface area contributed by atoms with Gasteiger partial charge in [-0.05, 0) is 88.1 Å². The van der Waals surface area contributed by atoms with Crippen molar-refractivity contribution in [3.05, 3.63) is 179 Å². The summed E-state index contributed by atoms with van der Waals surface area (Å²) in [7, 11) is 0. The first-order chi connectivity index (χ1) is 39.7. The van der Waals surface area contributed by atoms with Crippen molar-refractivity contribution in [3.63, 3.8) is 0 Å². The van der Waals surface area contributed by atoms with Crippen LogP contribution in [0.5, 0.6) is 0 Å². The van der Waals surface area contributed by atoms with E-state index in [2.05, 4.69) is 31.9 Å². The molecular weight excluding hydrogens is 1070 g/mol. The summed E-state index contributed by atoms with van der Waals surface area (Å²) < 4.78 is 4.61. The first-order valence-electron chi connectivity index (χ1n) is 28.3. The van der Waals surface area contributed by atoms with Gasteiger partial charge in [0.1, 0.15) is 35.6 Å². The molecule has 0 aliphatic carbocycles. The fraction of sp³-hybridized carbons (Fsp3) is 0.400. The third-order valence-electron chi connectivity index (χ3n) is 13.6.